The molecule has 1 fully saturated rings. The van der Waals surface area contributed by atoms with Gasteiger partial charge in [0, 0.05) is 44.5 Å². The summed E-state index contributed by atoms with van der Waals surface area (Å²) in [7, 11) is 1.65. The number of pyridine rings is 1. The Morgan fingerprint density at radius 2 is 2.00 bits per heavy atom. The summed E-state index contributed by atoms with van der Waals surface area (Å²) >= 11 is 0. The van der Waals surface area contributed by atoms with Crippen molar-refractivity contribution >= 4 is 11.8 Å². The first-order valence-corrected chi connectivity index (χ1v) is 10.9. The Hall–Kier alpha value is -3.15. The van der Waals surface area contributed by atoms with Gasteiger partial charge in [-0.1, -0.05) is 24.3 Å². The average molecular weight is 420 g/mol. The second-order valence-corrected chi connectivity index (χ2v) is 8.26. The lowest BCUT2D eigenvalue weighted by molar-refractivity contribution is -0.137. The molecule has 1 saturated heterocycles. The Morgan fingerprint density at radius 1 is 1.16 bits per heavy atom. The summed E-state index contributed by atoms with van der Waals surface area (Å²) < 4.78 is 5.32. The summed E-state index contributed by atoms with van der Waals surface area (Å²) in [5.74, 6) is 1.31. The van der Waals surface area contributed by atoms with Crippen molar-refractivity contribution in [2.75, 3.05) is 26.7 Å². The maximum absolute atomic E-state index is 13.4. The van der Waals surface area contributed by atoms with E-state index in [9.17, 15) is 9.59 Å². The van der Waals surface area contributed by atoms with Crippen molar-refractivity contribution in [2.45, 2.75) is 25.8 Å². The van der Waals surface area contributed by atoms with Gasteiger partial charge in [0.2, 0.25) is 5.91 Å². The van der Waals surface area contributed by atoms with E-state index >= 15 is 0 Å². The van der Waals surface area contributed by atoms with Crippen LogP contribution in [-0.2, 0) is 11.3 Å². The first-order valence-electron chi connectivity index (χ1n) is 10.9. The molecule has 1 aromatic heterocycles. The Balaban J connectivity index is 1.39. The topological polar surface area (TPSA) is 62.7 Å². The molecule has 0 unspecified atom stereocenters. The van der Waals surface area contributed by atoms with Crippen LogP contribution in [-0.4, -0.2) is 53.3 Å². The highest BCUT2D eigenvalue weighted by Crippen LogP contribution is 2.31. The van der Waals surface area contributed by atoms with Crippen LogP contribution in [0, 0.1) is 11.8 Å². The highest BCUT2D eigenvalue weighted by molar-refractivity contribution is 5.94. The number of carbonyl (C=O) groups is 2. The normalized spacial score (nSPS) is 19.9. The maximum Gasteiger partial charge on any atom is 0.255 e. The van der Waals surface area contributed by atoms with Crippen LogP contribution >= 0.6 is 0 Å². The Bertz CT molecular complexity index is 936. The highest BCUT2D eigenvalue weighted by Gasteiger charge is 2.35. The number of hydrogen-bond acceptors (Lipinski definition) is 4. The van der Waals surface area contributed by atoms with Gasteiger partial charge in [0.05, 0.1) is 12.7 Å². The van der Waals surface area contributed by atoms with Gasteiger partial charge in [-0.2, -0.15) is 0 Å². The Morgan fingerprint density at radius 3 is 2.74 bits per heavy atom. The second-order valence-electron chi connectivity index (χ2n) is 8.26. The molecule has 2 amide bonds. The molecule has 2 aromatic rings. The number of piperidine rings is 1. The standard InChI is InChI=1S/C25H29N3O3/c1-31-22-8-4-6-19(16-22)18-28-13-3-2-9-23(25(28)30)20-10-14-27(15-11-20)24(29)21-7-5-12-26-17-21/h2-8,12,16-17,20,23H,9-11,13-15,18H2,1H3/t23-/m1/s1. The van der Waals surface area contributed by atoms with Gasteiger partial charge >= 0.3 is 0 Å². The predicted molar refractivity (Wildman–Crippen MR) is 119 cm³/mol. The summed E-state index contributed by atoms with van der Waals surface area (Å²) in [6.07, 6.45) is 10.00. The third-order valence-corrected chi connectivity index (χ3v) is 6.32. The number of benzene rings is 1. The Kier molecular flexibility index (Phi) is 6.65. The maximum atomic E-state index is 13.4. The summed E-state index contributed by atoms with van der Waals surface area (Å²) in [6, 6.07) is 11.5. The SMILES string of the molecule is COc1cccc(CN2CC=CC[C@H](C3CCN(C(=O)c4cccnc4)CC3)C2=O)c1. The molecule has 6 heteroatoms. The van der Waals surface area contributed by atoms with E-state index in [0.29, 0.717) is 37.7 Å². The monoisotopic (exact) mass is 419 g/mol. The lowest BCUT2D eigenvalue weighted by atomic mass is 9.81. The van der Waals surface area contributed by atoms with Crippen LogP contribution < -0.4 is 4.74 Å². The number of methoxy groups -OCH3 is 1. The molecule has 1 atom stereocenters. The molecule has 6 nitrogen and oxygen atoms in total. The molecule has 31 heavy (non-hydrogen) atoms. The molecule has 0 aliphatic carbocycles. The van der Waals surface area contributed by atoms with Gasteiger partial charge in [0.25, 0.3) is 5.91 Å². The number of amides is 2. The van der Waals surface area contributed by atoms with Gasteiger partial charge in [0.15, 0.2) is 0 Å². The molecule has 0 bridgehead atoms. The Labute approximate surface area is 183 Å². The number of nitrogens with zero attached hydrogens (tertiary/aromatic N) is 3. The van der Waals surface area contributed by atoms with Crippen molar-refractivity contribution in [3.05, 3.63) is 72.1 Å². The number of aromatic nitrogens is 1. The second kappa shape index (κ2) is 9.77. The number of likely N-dealkylation sites (tertiary alicyclic amines) is 1. The molecule has 2 aliphatic rings. The van der Waals surface area contributed by atoms with Crippen LogP contribution in [0.5, 0.6) is 5.75 Å². The third kappa shape index (κ3) is 4.95. The summed E-state index contributed by atoms with van der Waals surface area (Å²) in [5.41, 5.74) is 1.69. The van der Waals surface area contributed by atoms with Gasteiger partial charge in [-0.15, -0.1) is 0 Å². The van der Waals surface area contributed by atoms with Crippen molar-refractivity contribution < 1.29 is 14.3 Å². The summed E-state index contributed by atoms with van der Waals surface area (Å²) in [4.78, 5) is 34.0. The minimum atomic E-state index is -0.0278. The lowest BCUT2D eigenvalue weighted by Gasteiger charge is -2.36. The molecular weight excluding hydrogens is 390 g/mol. The van der Waals surface area contributed by atoms with Crippen LogP contribution in [0.4, 0.5) is 0 Å². The fourth-order valence-electron chi connectivity index (χ4n) is 4.57. The number of ether oxygens (including phenoxy) is 1. The molecule has 0 N–H and O–H groups in total. The van der Waals surface area contributed by atoms with Crippen molar-refractivity contribution in [1.82, 2.24) is 14.8 Å². The minimum Gasteiger partial charge on any atom is -0.497 e. The molecule has 3 heterocycles. The van der Waals surface area contributed by atoms with Crippen molar-refractivity contribution in [3.8, 4) is 5.75 Å². The third-order valence-electron chi connectivity index (χ3n) is 6.32. The van der Waals surface area contributed by atoms with Crippen molar-refractivity contribution in [3.63, 3.8) is 0 Å². The van der Waals surface area contributed by atoms with Crippen molar-refractivity contribution in [2.24, 2.45) is 11.8 Å². The lowest BCUT2D eigenvalue weighted by Crippen LogP contribution is -2.44. The largest absolute Gasteiger partial charge is 0.497 e. The number of carbonyl (C=O) groups excluding carboxylic acids is 2. The molecular formula is C25H29N3O3. The fourth-order valence-corrected chi connectivity index (χ4v) is 4.57. The quantitative estimate of drug-likeness (QED) is 0.696. The zero-order valence-corrected chi connectivity index (χ0v) is 17.9. The molecule has 1 aromatic carbocycles. The van der Waals surface area contributed by atoms with E-state index in [-0.39, 0.29) is 17.7 Å². The molecule has 0 saturated carbocycles. The predicted octanol–water partition coefficient (Wildman–Crippen LogP) is 3.55. The molecule has 4 rings (SSSR count). The number of allylic oxidation sites excluding steroid dienone is 1. The van der Waals surface area contributed by atoms with Crippen LogP contribution in [0.3, 0.4) is 0 Å². The first-order chi connectivity index (χ1) is 15.2. The van der Waals surface area contributed by atoms with Crippen LogP contribution in [0.1, 0.15) is 35.2 Å². The summed E-state index contributed by atoms with van der Waals surface area (Å²) in [6.45, 7) is 2.57. The smallest absolute Gasteiger partial charge is 0.255 e. The highest BCUT2D eigenvalue weighted by atomic mass is 16.5. The minimum absolute atomic E-state index is 0.0262. The van der Waals surface area contributed by atoms with E-state index in [1.165, 1.54) is 0 Å². The van der Waals surface area contributed by atoms with E-state index < -0.39 is 0 Å². The number of hydrogen-bond donors (Lipinski definition) is 0. The first kappa shape index (κ1) is 21.1. The van der Waals surface area contributed by atoms with Crippen molar-refractivity contribution in [1.29, 1.82) is 0 Å². The van der Waals surface area contributed by atoms with E-state index in [0.717, 1.165) is 30.6 Å². The van der Waals surface area contributed by atoms with Gasteiger partial charge in [-0.25, -0.2) is 0 Å². The molecule has 0 radical (unpaired) electrons. The summed E-state index contributed by atoms with van der Waals surface area (Å²) in [5, 5.41) is 0. The zero-order chi connectivity index (χ0) is 21.6. The van der Waals surface area contributed by atoms with E-state index in [2.05, 4.69) is 17.1 Å². The number of rotatable bonds is 5. The van der Waals surface area contributed by atoms with Gasteiger partial charge in [-0.3, -0.25) is 14.6 Å². The fraction of sp³-hybridized carbons (Fsp3) is 0.400. The van der Waals surface area contributed by atoms with Gasteiger partial charge in [-0.05, 0) is 55.0 Å². The zero-order valence-electron chi connectivity index (χ0n) is 17.9. The molecule has 0 spiro atoms. The van der Waals surface area contributed by atoms with Crippen LogP contribution in [0.15, 0.2) is 60.9 Å². The van der Waals surface area contributed by atoms with Gasteiger partial charge < -0.3 is 14.5 Å². The van der Waals surface area contributed by atoms with E-state index in [1.807, 2.05) is 34.1 Å². The molecule has 162 valence electrons. The van der Waals surface area contributed by atoms with E-state index in [4.69, 9.17) is 4.74 Å². The van der Waals surface area contributed by atoms with Gasteiger partial charge in [0.1, 0.15) is 5.75 Å². The van der Waals surface area contributed by atoms with Crippen LogP contribution in [0.2, 0.25) is 0 Å². The van der Waals surface area contributed by atoms with E-state index in [1.54, 1.807) is 31.6 Å². The average Bonchev–Trinajstić information content (AvgIpc) is 3.01. The molecule has 2 aliphatic heterocycles. The van der Waals surface area contributed by atoms with Crippen LogP contribution in [0.25, 0.3) is 0 Å².